The zero-order chi connectivity index (χ0) is 12.4. The first-order valence-electron chi connectivity index (χ1n) is 5.66. The number of likely N-dealkylation sites (tertiary alicyclic amines) is 1. The molecule has 17 heavy (non-hydrogen) atoms. The molecule has 0 atom stereocenters. The summed E-state index contributed by atoms with van der Waals surface area (Å²) < 4.78 is 5.88. The van der Waals surface area contributed by atoms with Crippen LogP contribution in [0.3, 0.4) is 0 Å². The van der Waals surface area contributed by atoms with Gasteiger partial charge in [-0.25, -0.2) is 0 Å². The van der Waals surface area contributed by atoms with Gasteiger partial charge in [0.05, 0.1) is 15.7 Å². The lowest BCUT2D eigenvalue weighted by molar-refractivity contribution is 0.115. The lowest BCUT2D eigenvalue weighted by Crippen LogP contribution is -2.35. The molecule has 1 aliphatic heterocycles. The van der Waals surface area contributed by atoms with Gasteiger partial charge in [0.2, 0.25) is 0 Å². The van der Waals surface area contributed by atoms with E-state index in [4.69, 9.17) is 33.7 Å². The summed E-state index contributed by atoms with van der Waals surface area (Å²) in [5.74, 6) is 0.633. The van der Waals surface area contributed by atoms with E-state index in [0.29, 0.717) is 21.5 Å². The van der Waals surface area contributed by atoms with Gasteiger partial charge in [-0.2, -0.15) is 0 Å². The highest BCUT2D eigenvalue weighted by Crippen LogP contribution is 2.33. The standard InChI is InChI=1S/C12H16Cl2N2O/c1-16-4-2-8(3-5-16)17-12-7-10(14)9(13)6-11(12)15/h6-8H,2-5,15H2,1H3. The van der Waals surface area contributed by atoms with Crippen molar-refractivity contribution in [3.63, 3.8) is 0 Å². The van der Waals surface area contributed by atoms with Crippen molar-refractivity contribution in [3.05, 3.63) is 22.2 Å². The Morgan fingerprint density at radius 1 is 1.24 bits per heavy atom. The fourth-order valence-corrected chi connectivity index (χ4v) is 2.25. The second-order valence-electron chi connectivity index (χ2n) is 4.42. The summed E-state index contributed by atoms with van der Waals surface area (Å²) in [6.07, 6.45) is 2.23. The monoisotopic (exact) mass is 274 g/mol. The smallest absolute Gasteiger partial charge is 0.144 e. The Labute approximate surface area is 111 Å². The number of anilines is 1. The number of hydrogen-bond acceptors (Lipinski definition) is 3. The summed E-state index contributed by atoms with van der Waals surface area (Å²) >= 11 is 11.8. The second-order valence-corrected chi connectivity index (χ2v) is 5.24. The average Bonchev–Trinajstić information content (AvgIpc) is 2.29. The van der Waals surface area contributed by atoms with Gasteiger partial charge in [-0.1, -0.05) is 23.2 Å². The number of nitrogens with zero attached hydrogens (tertiary/aromatic N) is 1. The summed E-state index contributed by atoms with van der Waals surface area (Å²) in [5.41, 5.74) is 6.40. The van der Waals surface area contributed by atoms with E-state index in [1.54, 1.807) is 12.1 Å². The van der Waals surface area contributed by atoms with E-state index in [2.05, 4.69) is 11.9 Å². The van der Waals surface area contributed by atoms with E-state index in [1.165, 1.54) is 0 Å². The topological polar surface area (TPSA) is 38.5 Å². The molecule has 0 bridgehead atoms. The first-order valence-corrected chi connectivity index (χ1v) is 6.41. The van der Waals surface area contributed by atoms with E-state index in [1.807, 2.05) is 0 Å². The molecular formula is C12H16Cl2N2O. The molecule has 5 heteroatoms. The number of hydrogen-bond donors (Lipinski definition) is 1. The highest BCUT2D eigenvalue weighted by Gasteiger charge is 2.19. The van der Waals surface area contributed by atoms with Crippen molar-refractivity contribution in [3.8, 4) is 5.75 Å². The number of ether oxygens (including phenoxy) is 1. The Kier molecular flexibility index (Phi) is 4.02. The maximum Gasteiger partial charge on any atom is 0.144 e. The van der Waals surface area contributed by atoms with Gasteiger partial charge in [0.15, 0.2) is 0 Å². The molecular weight excluding hydrogens is 259 g/mol. The van der Waals surface area contributed by atoms with Crippen LogP contribution in [-0.2, 0) is 0 Å². The van der Waals surface area contributed by atoms with Crippen LogP contribution < -0.4 is 10.5 Å². The van der Waals surface area contributed by atoms with Crippen molar-refractivity contribution in [2.45, 2.75) is 18.9 Å². The lowest BCUT2D eigenvalue weighted by Gasteiger charge is -2.29. The fourth-order valence-electron chi connectivity index (χ4n) is 1.93. The van der Waals surface area contributed by atoms with Crippen molar-refractivity contribution < 1.29 is 4.74 Å². The van der Waals surface area contributed by atoms with Crippen LogP contribution in [0.2, 0.25) is 10.0 Å². The zero-order valence-electron chi connectivity index (χ0n) is 9.75. The number of rotatable bonds is 2. The van der Waals surface area contributed by atoms with Crippen molar-refractivity contribution in [1.82, 2.24) is 4.90 Å². The molecule has 1 saturated heterocycles. The average molecular weight is 275 g/mol. The quantitative estimate of drug-likeness (QED) is 0.843. The molecule has 0 unspecified atom stereocenters. The molecule has 2 N–H and O–H groups in total. The van der Waals surface area contributed by atoms with Gasteiger partial charge >= 0.3 is 0 Å². The second kappa shape index (κ2) is 5.34. The van der Waals surface area contributed by atoms with Crippen molar-refractivity contribution in [1.29, 1.82) is 0 Å². The van der Waals surface area contributed by atoms with Gasteiger partial charge in [0, 0.05) is 19.2 Å². The number of piperidine rings is 1. The van der Waals surface area contributed by atoms with E-state index < -0.39 is 0 Å². The molecule has 0 spiro atoms. The molecule has 0 radical (unpaired) electrons. The number of halogens is 2. The van der Waals surface area contributed by atoms with E-state index >= 15 is 0 Å². The highest BCUT2D eigenvalue weighted by atomic mass is 35.5. The maximum absolute atomic E-state index is 5.95. The van der Waals surface area contributed by atoms with Crippen LogP contribution in [0, 0.1) is 0 Å². The van der Waals surface area contributed by atoms with Crippen LogP contribution in [-0.4, -0.2) is 31.1 Å². The Bertz CT molecular complexity index is 404. The number of nitrogen functional groups attached to an aromatic ring is 1. The van der Waals surface area contributed by atoms with Gasteiger partial charge in [0.25, 0.3) is 0 Å². The molecule has 1 aliphatic rings. The van der Waals surface area contributed by atoms with Gasteiger partial charge in [0.1, 0.15) is 11.9 Å². The summed E-state index contributed by atoms with van der Waals surface area (Å²) in [6, 6.07) is 3.33. The minimum absolute atomic E-state index is 0.214. The van der Waals surface area contributed by atoms with E-state index in [-0.39, 0.29) is 6.10 Å². The first kappa shape index (κ1) is 12.8. The Balaban J connectivity index is 2.06. The van der Waals surface area contributed by atoms with Gasteiger partial charge < -0.3 is 15.4 Å². The van der Waals surface area contributed by atoms with Crippen LogP contribution in [0.4, 0.5) is 5.69 Å². The minimum atomic E-state index is 0.214. The van der Waals surface area contributed by atoms with Crippen molar-refractivity contribution >= 4 is 28.9 Å². The number of nitrogens with two attached hydrogens (primary N) is 1. The van der Waals surface area contributed by atoms with Gasteiger partial charge in [-0.15, -0.1) is 0 Å². The summed E-state index contributed by atoms with van der Waals surface area (Å²) in [7, 11) is 2.11. The lowest BCUT2D eigenvalue weighted by atomic mass is 10.1. The Morgan fingerprint density at radius 2 is 1.82 bits per heavy atom. The van der Waals surface area contributed by atoms with Crippen molar-refractivity contribution in [2.24, 2.45) is 0 Å². The summed E-state index contributed by atoms with van der Waals surface area (Å²) in [6.45, 7) is 2.10. The van der Waals surface area contributed by atoms with Crippen LogP contribution in [0.1, 0.15) is 12.8 Å². The predicted molar refractivity (Wildman–Crippen MR) is 72.0 cm³/mol. The molecule has 94 valence electrons. The molecule has 3 nitrogen and oxygen atoms in total. The third-order valence-corrected chi connectivity index (χ3v) is 3.73. The minimum Gasteiger partial charge on any atom is -0.488 e. The van der Waals surface area contributed by atoms with E-state index in [9.17, 15) is 0 Å². The molecule has 1 heterocycles. The fraction of sp³-hybridized carbons (Fsp3) is 0.500. The highest BCUT2D eigenvalue weighted by molar-refractivity contribution is 6.42. The van der Waals surface area contributed by atoms with Crippen LogP contribution in [0.15, 0.2) is 12.1 Å². The zero-order valence-corrected chi connectivity index (χ0v) is 11.3. The SMILES string of the molecule is CN1CCC(Oc2cc(Cl)c(Cl)cc2N)CC1. The molecule has 0 aromatic heterocycles. The Hall–Kier alpha value is -0.640. The molecule has 0 saturated carbocycles. The summed E-state index contributed by atoms with van der Waals surface area (Å²) in [5, 5.41) is 0.934. The number of benzene rings is 1. The molecule has 1 aromatic carbocycles. The van der Waals surface area contributed by atoms with Crippen LogP contribution >= 0.6 is 23.2 Å². The first-order chi connectivity index (χ1) is 8.06. The van der Waals surface area contributed by atoms with E-state index in [0.717, 1.165) is 25.9 Å². The van der Waals surface area contributed by atoms with Gasteiger partial charge in [-0.05, 0) is 26.0 Å². The van der Waals surface area contributed by atoms with Gasteiger partial charge in [-0.3, -0.25) is 0 Å². The van der Waals surface area contributed by atoms with Crippen molar-refractivity contribution in [2.75, 3.05) is 25.9 Å². The van der Waals surface area contributed by atoms with Crippen LogP contribution in [0.25, 0.3) is 0 Å². The summed E-state index contributed by atoms with van der Waals surface area (Å²) in [4.78, 5) is 2.29. The molecule has 1 aromatic rings. The maximum atomic E-state index is 5.95. The Morgan fingerprint density at radius 3 is 2.47 bits per heavy atom. The van der Waals surface area contributed by atoms with Crippen LogP contribution in [0.5, 0.6) is 5.75 Å². The molecule has 1 fully saturated rings. The largest absolute Gasteiger partial charge is 0.488 e. The predicted octanol–water partition coefficient (Wildman–Crippen LogP) is 3.05. The third kappa shape index (κ3) is 3.18. The molecule has 0 aliphatic carbocycles. The third-order valence-electron chi connectivity index (χ3n) is 3.01. The molecule has 0 amide bonds. The molecule has 2 rings (SSSR count). The normalized spacial score (nSPS) is 18.3.